The van der Waals surface area contributed by atoms with Crippen molar-refractivity contribution in [2.75, 3.05) is 19.6 Å². The molecular weight excluding hydrogens is 810 g/mol. The number of hydrogen-bond donors (Lipinski definition) is 5. The van der Waals surface area contributed by atoms with Crippen molar-refractivity contribution >= 4 is 48.0 Å². The van der Waals surface area contributed by atoms with Gasteiger partial charge in [-0.05, 0) is 135 Å². The van der Waals surface area contributed by atoms with Crippen molar-refractivity contribution in [3.63, 3.8) is 0 Å². The number of rotatable bonds is 19. The molecule has 4 amide bonds. The number of aryl methyl sites for hydroxylation is 1. The molecule has 14 nitrogen and oxygen atoms in total. The maximum absolute atomic E-state index is 14.4. The molecule has 3 aromatic carbocycles. The summed E-state index contributed by atoms with van der Waals surface area (Å²) in [5.74, 6) is -4.08. The van der Waals surface area contributed by atoms with E-state index in [0.29, 0.717) is 43.6 Å². The maximum atomic E-state index is 14.4. The lowest BCUT2D eigenvalue weighted by Crippen LogP contribution is -2.66. The van der Waals surface area contributed by atoms with E-state index in [-0.39, 0.29) is 31.8 Å². The average Bonchev–Trinajstić information content (AvgIpc) is 3.14. The highest BCUT2D eigenvalue weighted by Crippen LogP contribution is 2.57. The molecular formula is C47H68N5O9P. The van der Waals surface area contributed by atoms with E-state index in [4.69, 9.17) is 19.5 Å². The number of nitrogens with one attached hydrogen (secondary N) is 4. The summed E-state index contributed by atoms with van der Waals surface area (Å²) in [4.78, 5) is 67.6. The Bertz CT molecular complexity index is 2050. The molecule has 0 saturated carbocycles. The van der Waals surface area contributed by atoms with Gasteiger partial charge < -0.3 is 40.8 Å². The number of fused-ring (bicyclic) bond motifs is 1. The van der Waals surface area contributed by atoms with Gasteiger partial charge >= 0.3 is 13.6 Å². The predicted octanol–water partition coefficient (Wildman–Crippen LogP) is 6.40. The van der Waals surface area contributed by atoms with E-state index < -0.39 is 77.9 Å². The minimum atomic E-state index is -3.59. The summed E-state index contributed by atoms with van der Waals surface area (Å²) in [7, 11) is -3.59. The molecule has 0 bridgehead atoms. The van der Waals surface area contributed by atoms with Crippen molar-refractivity contribution in [1.29, 1.82) is 0 Å². The van der Waals surface area contributed by atoms with Gasteiger partial charge in [-0.25, -0.2) is 0 Å². The molecule has 62 heavy (non-hydrogen) atoms. The number of carbonyl (C=O) groups excluding carboxylic acids is 5. The van der Waals surface area contributed by atoms with Crippen molar-refractivity contribution in [2.24, 2.45) is 11.7 Å². The fraction of sp³-hybridized carbons (Fsp3) is 0.553. The Morgan fingerprint density at radius 3 is 1.97 bits per heavy atom. The zero-order chi connectivity index (χ0) is 45.9. The highest BCUT2D eigenvalue weighted by molar-refractivity contribution is 7.53. The Morgan fingerprint density at radius 1 is 0.774 bits per heavy atom. The van der Waals surface area contributed by atoms with Crippen LogP contribution in [0.4, 0.5) is 0 Å². The van der Waals surface area contributed by atoms with Gasteiger partial charge in [0.15, 0.2) is 0 Å². The van der Waals surface area contributed by atoms with Crippen LogP contribution in [0.15, 0.2) is 66.7 Å². The topological polar surface area (TPSA) is 204 Å². The minimum Gasteiger partial charge on any atom is -0.460 e. The van der Waals surface area contributed by atoms with Crippen LogP contribution in [0.25, 0.3) is 10.8 Å². The Balaban J connectivity index is 1.50. The molecule has 1 aliphatic heterocycles. The number of hydrogen-bond acceptors (Lipinski definition) is 10. The molecule has 4 rings (SSSR count). The van der Waals surface area contributed by atoms with Crippen LogP contribution >= 0.6 is 7.60 Å². The van der Waals surface area contributed by atoms with Gasteiger partial charge in [-0.3, -0.25) is 28.5 Å². The van der Waals surface area contributed by atoms with Crippen LogP contribution in [0, 0.1) is 5.92 Å². The number of ether oxygens (including phenoxy) is 1. The molecule has 0 aromatic heterocycles. The standard InChI is InChI=1S/C47H68N5O9P/c1-44(2,3)59-40(54)29-36(28-32-19-21-33(22-20-32)31-62(58,60-45(4,5)6)61-46(7,8)9)41(55)52-47(23-26-49-27-24-47)43(57)51-38(30-39(48)53)42(56)50-25-13-17-35-16-12-15-34-14-10-11-18-37(34)35/h10-12,14-16,18-22,36,38,49H,13,17,23-31H2,1-9H3,(H2,48,53)(H,50,56)(H,51,57)(H,52,55)/t36-,38+/m1/s1. The maximum Gasteiger partial charge on any atom is 0.336 e. The van der Waals surface area contributed by atoms with E-state index in [0.717, 1.165) is 16.3 Å². The lowest BCUT2D eigenvalue weighted by atomic mass is 9.85. The molecule has 1 fully saturated rings. The van der Waals surface area contributed by atoms with Gasteiger partial charge in [0.05, 0.1) is 36.1 Å². The minimum absolute atomic E-state index is 0.0230. The van der Waals surface area contributed by atoms with E-state index in [2.05, 4.69) is 33.4 Å². The monoisotopic (exact) mass is 877 g/mol. The van der Waals surface area contributed by atoms with Gasteiger partial charge in [0.25, 0.3) is 0 Å². The molecule has 15 heteroatoms. The van der Waals surface area contributed by atoms with E-state index in [1.165, 1.54) is 0 Å². The average molecular weight is 878 g/mol. The second kappa shape index (κ2) is 21.2. The van der Waals surface area contributed by atoms with Crippen molar-refractivity contribution in [2.45, 2.75) is 142 Å². The van der Waals surface area contributed by atoms with E-state index in [1.54, 1.807) is 45.0 Å². The second-order valence-electron chi connectivity index (χ2n) is 19.2. The lowest BCUT2D eigenvalue weighted by molar-refractivity contribution is -0.157. The van der Waals surface area contributed by atoms with Crippen molar-refractivity contribution < 1.29 is 42.3 Å². The summed E-state index contributed by atoms with van der Waals surface area (Å²) in [6.45, 7) is 17.2. The number of nitrogens with two attached hydrogens (primary N) is 1. The molecule has 6 N–H and O–H groups in total. The van der Waals surface area contributed by atoms with E-state index >= 15 is 0 Å². The fourth-order valence-electron chi connectivity index (χ4n) is 7.48. The third-order valence-corrected chi connectivity index (χ3v) is 12.4. The summed E-state index contributed by atoms with van der Waals surface area (Å²) in [5.41, 5.74) is 4.39. The molecule has 3 aromatic rings. The predicted molar refractivity (Wildman–Crippen MR) is 241 cm³/mol. The number of piperidine rings is 1. The molecule has 1 aliphatic rings. The molecule has 1 saturated heterocycles. The highest BCUT2D eigenvalue weighted by Gasteiger charge is 2.44. The van der Waals surface area contributed by atoms with Crippen molar-refractivity contribution in [3.8, 4) is 0 Å². The number of benzene rings is 3. The van der Waals surface area contributed by atoms with Gasteiger partial charge in [0.1, 0.15) is 17.2 Å². The largest absolute Gasteiger partial charge is 0.460 e. The van der Waals surface area contributed by atoms with Crippen LogP contribution < -0.4 is 27.0 Å². The normalized spacial score (nSPS) is 15.6. The first-order valence-corrected chi connectivity index (χ1v) is 23.2. The van der Waals surface area contributed by atoms with Crippen LogP contribution in [0.1, 0.15) is 111 Å². The first-order valence-electron chi connectivity index (χ1n) is 21.5. The Kier molecular flexibility index (Phi) is 17.1. The fourth-order valence-corrected chi connectivity index (χ4v) is 9.97. The Labute approximate surface area is 367 Å². The number of primary amides is 1. The lowest BCUT2D eigenvalue weighted by Gasteiger charge is -2.38. The third kappa shape index (κ3) is 16.3. The number of esters is 1. The zero-order valence-corrected chi connectivity index (χ0v) is 38.9. The van der Waals surface area contributed by atoms with Gasteiger partial charge in [0.2, 0.25) is 23.6 Å². The summed E-state index contributed by atoms with van der Waals surface area (Å²) < 4.78 is 31.5. The summed E-state index contributed by atoms with van der Waals surface area (Å²) in [6, 6.07) is 20.1. The van der Waals surface area contributed by atoms with Crippen molar-refractivity contribution in [3.05, 3.63) is 83.4 Å². The first kappa shape index (κ1) is 50.0. The highest BCUT2D eigenvalue weighted by atomic mass is 31.2. The van der Waals surface area contributed by atoms with Crippen LogP contribution in [-0.4, -0.2) is 77.6 Å². The summed E-state index contributed by atoms with van der Waals surface area (Å²) in [6.07, 6.45) is 1.09. The third-order valence-electron chi connectivity index (χ3n) is 9.99. The molecule has 340 valence electrons. The summed E-state index contributed by atoms with van der Waals surface area (Å²) in [5, 5.41) is 14.0. The van der Waals surface area contributed by atoms with Crippen LogP contribution in [-0.2, 0) is 61.3 Å². The van der Waals surface area contributed by atoms with E-state index in [9.17, 15) is 28.5 Å². The van der Waals surface area contributed by atoms with Crippen LogP contribution in [0.5, 0.6) is 0 Å². The van der Waals surface area contributed by atoms with E-state index in [1.807, 2.05) is 71.9 Å². The Morgan fingerprint density at radius 2 is 1.37 bits per heavy atom. The van der Waals surface area contributed by atoms with Crippen LogP contribution in [0.2, 0.25) is 0 Å². The zero-order valence-electron chi connectivity index (χ0n) is 38.0. The SMILES string of the molecule is CC(C)(C)OC(=O)C[C@@H](Cc1ccc(CP(=O)(OC(C)(C)C)OC(C)(C)C)cc1)C(=O)NC1(C(=O)N[C@@H](CC(N)=O)C(=O)NCCCc2cccc3ccccc23)CCNCC1. The molecule has 0 aliphatic carbocycles. The van der Waals surface area contributed by atoms with Crippen LogP contribution in [0.3, 0.4) is 0 Å². The van der Waals surface area contributed by atoms with Crippen molar-refractivity contribution in [1.82, 2.24) is 21.3 Å². The Hall–Kier alpha value is -4.62. The molecule has 0 spiro atoms. The van der Waals surface area contributed by atoms with Gasteiger partial charge in [-0.2, -0.15) is 0 Å². The second-order valence-corrected chi connectivity index (χ2v) is 21.1. The van der Waals surface area contributed by atoms with Gasteiger partial charge in [0, 0.05) is 6.54 Å². The van der Waals surface area contributed by atoms with Gasteiger partial charge in [-0.15, -0.1) is 0 Å². The molecule has 1 heterocycles. The number of amides is 4. The quantitative estimate of drug-likeness (QED) is 0.0509. The number of carbonyl (C=O) groups is 5. The van der Waals surface area contributed by atoms with Gasteiger partial charge in [-0.1, -0.05) is 66.7 Å². The smallest absolute Gasteiger partial charge is 0.336 e. The summed E-state index contributed by atoms with van der Waals surface area (Å²) >= 11 is 0. The molecule has 0 unspecified atom stereocenters. The first-order chi connectivity index (χ1) is 28.8. The molecule has 0 radical (unpaired) electrons. The molecule has 2 atom stereocenters.